The van der Waals surface area contributed by atoms with Gasteiger partial charge in [-0.1, -0.05) is 6.08 Å². The van der Waals surface area contributed by atoms with Gasteiger partial charge in [0.1, 0.15) is 23.2 Å². The van der Waals surface area contributed by atoms with Crippen molar-refractivity contribution >= 4 is 23.9 Å². The Morgan fingerprint density at radius 1 is 1.44 bits per heavy atom. The summed E-state index contributed by atoms with van der Waals surface area (Å²) in [6.07, 6.45) is 6.17. The Labute approximate surface area is 211 Å². The van der Waals surface area contributed by atoms with E-state index in [1.807, 2.05) is 37.0 Å². The number of hydrogen-bond donors (Lipinski definition) is 2. The van der Waals surface area contributed by atoms with Gasteiger partial charge in [-0.2, -0.15) is 10.4 Å². The van der Waals surface area contributed by atoms with E-state index in [9.17, 15) is 15.2 Å². The molecule has 0 radical (unpaired) electrons. The van der Waals surface area contributed by atoms with Crippen LogP contribution in [0, 0.1) is 11.3 Å². The summed E-state index contributed by atoms with van der Waals surface area (Å²) in [5.41, 5.74) is 2.24. The predicted octanol–water partition coefficient (Wildman–Crippen LogP) is 3.51. The van der Waals surface area contributed by atoms with Crippen LogP contribution in [-0.4, -0.2) is 69.9 Å². The number of pyridine rings is 1. The molecule has 1 aliphatic rings. The first-order chi connectivity index (χ1) is 17.1. The van der Waals surface area contributed by atoms with Crippen LogP contribution in [0.1, 0.15) is 52.2 Å². The van der Waals surface area contributed by atoms with Crippen LogP contribution in [0.2, 0.25) is 0 Å². The highest BCUT2D eigenvalue weighted by molar-refractivity contribution is 5.82. The molecule has 3 rings (SSSR count). The Morgan fingerprint density at radius 2 is 2.19 bits per heavy atom. The number of likely N-dealkylation sites (tertiary alicyclic amines) is 1. The van der Waals surface area contributed by atoms with Crippen molar-refractivity contribution in [2.75, 3.05) is 19.7 Å². The van der Waals surface area contributed by atoms with E-state index < -0.39 is 23.8 Å². The number of aliphatic imine (C=N–C) groups is 1. The molecule has 36 heavy (non-hydrogen) atoms. The van der Waals surface area contributed by atoms with Gasteiger partial charge in [0.05, 0.1) is 42.2 Å². The van der Waals surface area contributed by atoms with Crippen LogP contribution in [0.5, 0.6) is 5.75 Å². The highest BCUT2D eigenvalue weighted by Crippen LogP contribution is 2.28. The maximum absolute atomic E-state index is 12.1. The van der Waals surface area contributed by atoms with E-state index in [0.29, 0.717) is 42.2 Å². The Kier molecular flexibility index (Phi) is 8.37. The zero-order valence-corrected chi connectivity index (χ0v) is 21.5. The summed E-state index contributed by atoms with van der Waals surface area (Å²) in [7, 11) is 0. The summed E-state index contributed by atoms with van der Waals surface area (Å²) in [5.74, 6) is 1.24. The van der Waals surface area contributed by atoms with Gasteiger partial charge in [0.25, 0.3) is 0 Å². The zero-order chi connectivity index (χ0) is 26.5. The molecular formula is C26H34N6O4. The molecule has 0 aliphatic carbocycles. The summed E-state index contributed by atoms with van der Waals surface area (Å²) in [5, 5.41) is 27.2. The largest absolute Gasteiger partial charge is 0.492 e. The average Bonchev–Trinajstić information content (AvgIpc) is 3.22. The van der Waals surface area contributed by atoms with E-state index in [1.165, 1.54) is 6.20 Å². The van der Waals surface area contributed by atoms with Crippen molar-refractivity contribution in [3.63, 3.8) is 0 Å². The maximum atomic E-state index is 12.1. The summed E-state index contributed by atoms with van der Waals surface area (Å²) < 4.78 is 12.6. The number of fused-ring (bicyclic) bond motifs is 1. The molecule has 2 atom stereocenters. The molecule has 2 aromatic heterocycles. The first-order valence-corrected chi connectivity index (χ1v) is 11.9. The number of carbonyl (C=O) groups is 1. The molecule has 0 aromatic carbocycles. The van der Waals surface area contributed by atoms with Crippen LogP contribution in [0.4, 0.5) is 4.79 Å². The van der Waals surface area contributed by atoms with Crippen molar-refractivity contribution in [1.82, 2.24) is 19.8 Å². The molecule has 2 N–H and O–H groups in total. The van der Waals surface area contributed by atoms with E-state index in [-0.39, 0.29) is 6.54 Å². The SMILES string of the molecule is C=N/C(=C\C=C(/C)c1cc(OCC)cn2ncc(C#N)c12)N1CC[C@H](NC(=O)OC(C)(C)C)[C@H](O)C1. The maximum Gasteiger partial charge on any atom is 0.407 e. The third kappa shape index (κ3) is 6.43. The van der Waals surface area contributed by atoms with Crippen molar-refractivity contribution in [2.24, 2.45) is 4.99 Å². The number of aliphatic hydroxyl groups excluding tert-OH is 1. The van der Waals surface area contributed by atoms with Crippen LogP contribution >= 0.6 is 0 Å². The van der Waals surface area contributed by atoms with Crippen LogP contribution in [-0.2, 0) is 4.74 Å². The topological polar surface area (TPSA) is 124 Å². The summed E-state index contributed by atoms with van der Waals surface area (Å²) in [6.45, 7) is 14.3. The minimum atomic E-state index is -0.797. The van der Waals surface area contributed by atoms with Gasteiger partial charge < -0.3 is 24.8 Å². The zero-order valence-electron chi connectivity index (χ0n) is 21.5. The van der Waals surface area contributed by atoms with Crippen LogP contribution < -0.4 is 10.1 Å². The highest BCUT2D eigenvalue weighted by atomic mass is 16.6. The fourth-order valence-electron chi connectivity index (χ4n) is 4.04. The van der Waals surface area contributed by atoms with E-state index in [4.69, 9.17) is 9.47 Å². The fourth-order valence-corrected chi connectivity index (χ4v) is 4.04. The molecule has 1 saturated heterocycles. The van der Waals surface area contributed by atoms with Crippen LogP contribution in [0.3, 0.4) is 0 Å². The lowest BCUT2D eigenvalue weighted by Gasteiger charge is -2.37. The average molecular weight is 495 g/mol. The van der Waals surface area contributed by atoms with Gasteiger partial charge in [-0.3, -0.25) is 0 Å². The van der Waals surface area contributed by atoms with Gasteiger partial charge in [0, 0.05) is 18.7 Å². The van der Waals surface area contributed by atoms with Crippen molar-refractivity contribution in [3.05, 3.63) is 47.6 Å². The quantitative estimate of drug-likeness (QED) is 0.446. The van der Waals surface area contributed by atoms with E-state index in [1.54, 1.807) is 31.5 Å². The van der Waals surface area contributed by atoms with Gasteiger partial charge in [0.15, 0.2) is 0 Å². The number of alkyl carbamates (subject to hydrolysis) is 1. The highest BCUT2D eigenvalue weighted by Gasteiger charge is 2.31. The van der Waals surface area contributed by atoms with Crippen LogP contribution in [0.25, 0.3) is 11.1 Å². The molecule has 192 valence electrons. The van der Waals surface area contributed by atoms with Crippen molar-refractivity contribution in [1.29, 1.82) is 5.26 Å². The minimum absolute atomic E-state index is 0.281. The Balaban J connectivity index is 1.79. The summed E-state index contributed by atoms with van der Waals surface area (Å²) >= 11 is 0. The molecule has 0 unspecified atom stereocenters. The molecule has 0 bridgehead atoms. The first kappa shape index (κ1) is 26.8. The van der Waals surface area contributed by atoms with Gasteiger partial charge in [-0.15, -0.1) is 0 Å². The monoisotopic (exact) mass is 494 g/mol. The van der Waals surface area contributed by atoms with Crippen molar-refractivity contribution in [2.45, 2.75) is 58.8 Å². The minimum Gasteiger partial charge on any atom is -0.492 e. The number of aliphatic hydroxyl groups is 1. The molecule has 3 heterocycles. The summed E-state index contributed by atoms with van der Waals surface area (Å²) in [4.78, 5) is 18.2. The second-order valence-corrected chi connectivity index (χ2v) is 9.57. The number of amides is 1. The number of nitrogens with one attached hydrogen (secondary N) is 1. The van der Waals surface area contributed by atoms with E-state index >= 15 is 0 Å². The Morgan fingerprint density at radius 3 is 2.81 bits per heavy atom. The molecule has 0 spiro atoms. The second-order valence-electron chi connectivity index (χ2n) is 9.57. The van der Waals surface area contributed by atoms with Gasteiger partial charge in [-0.25, -0.2) is 14.3 Å². The molecule has 2 aromatic rings. The number of rotatable bonds is 7. The van der Waals surface area contributed by atoms with Crippen LogP contribution in [0.15, 0.2) is 41.4 Å². The lowest BCUT2D eigenvalue weighted by atomic mass is 10.0. The lowest BCUT2D eigenvalue weighted by molar-refractivity contribution is 0.0263. The number of allylic oxidation sites excluding steroid dienone is 3. The number of hydrogen-bond acceptors (Lipinski definition) is 8. The number of ether oxygens (including phenoxy) is 2. The standard InChI is InChI=1S/C26H34N6O4/c1-7-35-19-12-20(24-18(13-27)14-29-32(24)15-19)17(2)8-9-23(28-6)31-11-10-21(22(33)16-31)30-25(34)36-26(3,4)5/h8-9,12,14-15,21-22,33H,6-7,10-11,16H2,1-5H3,(H,30,34)/b17-8+,23-9+/t21-,22+/m0/s1. The Bertz CT molecular complexity index is 1220. The van der Waals surface area contributed by atoms with E-state index in [2.05, 4.69) is 28.2 Å². The Hall–Kier alpha value is -3.84. The fraction of sp³-hybridized carbons (Fsp3) is 0.462. The number of carbonyl (C=O) groups excluding carboxylic acids is 1. The number of aromatic nitrogens is 2. The molecule has 0 saturated carbocycles. The predicted molar refractivity (Wildman–Crippen MR) is 138 cm³/mol. The third-order valence-corrected chi connectivity index (χ3v) is 5.70. The van der Waals surface area contributed by atoms with Crippen molar-refractivity contribution < 1.29 is 19.4 Å². The van der Waals surface area contributed by atoms with Gasteiger partial charge in [-0.05, 0) is 65.5 Å². The van der Waals surface area contributed by atoms with Crippen molar-refractivity contribution in [3.8, 4) is 11.8 Å². The van der Waals surface area contributed by atoms with Gasteiger partial charge in [0.2, 0.25) is 0 Å². The molecule has 1 aliphatic heterocycles. The lowest BCUT2D eigenvalue weighted by Crippen LogP contribution is -2.54. The number of nitriles is 1. The molecular weight excluding hydrogens is 460 g/mol. The molecule has 10 nitrogen and oxygen atoms in total. The molecule has 10 heteroatoms. The smallest absolute Gasteiger partial charge is 0.407 e. The normalized spacial score (nSPS) is 19.1. The molecule has 1 fully saturated rings. The first-order valence-electron chi connectivity index (χ1n) is 11.9. The summed E-state index contributed by atoms with van der Waals surface area (Å²) in [6, 6.07) is 3.66. The number of β-amino-alcohol motifs (C(OH)–C–C–N with tert-alkyl or cyclic N) is 1. The number of piperidine rings is 1. The second kappa shape index (κ2) is 11.3. The van der Waals surface area contributed by atoms with E-state index in [0.717, 1.165) is 11.1 Å². The third-order valence-electron chi connectivity index (χ3n) is 5.70. The molecule has 1 amide bonds. The van der Waals surface area contributed by atoms with Gasteiger partial charge >= 0.3 is 6.09 Å². The number of nitrogens with zero attached hydrogens (tertiary/aromatic N) is 5.